The van der Waals surface area contributed by atoms with Gasteiger partial charge in [-0.3, -0.25) is 10.1 Å². The fourth-order valence-corrected chi connectivity index (χ4v) is 8.44. The SMILES string of the molecule is O=C(OCc1ccccc1)[C@H]1Cc2c([nH]c3ccccc23)[C@H](CC23CC4CC(CC(C4)C2)C3)N1. The van der Waals surface area contributed by atoms with Crippen molar-refractivity contribution in [3.05, 3.63) is 71.4 Å². The molecule has 34 heavy (non-hydrogen) atoms. The molecule has 0 unspecified atom stereocenters. The van der Waals surface area contributed by atoms with E-state index in [4.69, 9.17) is 4.74 Å². The van der Waals surface area contributed by atoms with Crippen molar-refractivity contribution in [3.8, 4) is 0 Å². The molecule has 4 nitrogen and oxygen atoms in total. The standard InChI is InChI=1S/C30H34N2O2/c33-29(34-18-19-6-2-1-3-7-19)26-13-24-23-8-4-5-9-25(23)32-28(24)27(31-26)17-30-14-20-10-21(15-30)12-22(11-20)16-30/h1-9,20-22,26-27,31-32H,10-18H2/t20?,21?,22?,26-,27+,30?/m1/s1. The molecule has 4 fully saturated rings. The number of ether oxygens (including phenoxy) is 1. The van der Waals surface area contributed by atoms with Crippen LogP contribution in [0.25, 0.3) is 10.9 Å². The topological polar surface area (TPSA) is 54.1 Å². The number of H-pyrrole nitrogens is 1. The average Bonchev–Trinajstić information content (AvgIpc) is 3.21. The van der Waals surface area contributed by atoms with Crippen molar-refractivity contribution in [1.29, 1.82) is 0 Å². The third-order valence-electron chi connectivity index (χ3n) is 9.32. The number of para-hydroxylation sites is 1. The van der Waals surface area contributed by atoms with E-state index < -0.39 is 0 Å². The molecule has 0 spiro atoms. The first kappa shape index (κ1) is 20.8. The Hall–Kier alpha value is -2.59. The van der Waals surface area contributed by atoms with Gasteiger partial charge in [0.15, 0.2) is 0 Å². The molecular weight excluding hydrogens is 420 g/mol. The van der Waals surface area contributed by atoms with Gasteiger partial charge >= 0.3 is 5.97 Å². The molecule has 2 N–H and O–H groups in total. The van der Waals surface area contributed by atoms with Gasteiger partial charge in [-0.15, -0.1) is 0 Å². The van der Waals surface area contributed by atoms with E-state index in [1.165, 1.54) is 60.7 Å². The van der Waals surface area contributed by atoms with E-state index in [9.17, 15) is 4.79 Å². The van der Waals surface area contributed by atoms with Crippen LogP contribution in [0.2, 0.25) is 0 Å². The number of rotatable bonds is 5. The van der Waals surface area contributed by atoms with Crippen molar-refractivity contribution in [2.75, 3.05) is 0 Å². The molecule has 4 heteroatoms. The Morgan fingerprint density at radius 1 is 0.912 bits per heavy atom. The van der Waals surface area contributed by atoms with E-state index in [-0.39, 0.29) is 18.1 Å². The summed E-state index contributed by atoms with van der Waals surface area (Å²) in [6.07, 6.45) is 10.4. The molecule has 2 heterocycles. The van der Waals surface area contributed by atoms with E-state index in [0.29, 0.717) is 18.4 Å². The number of hydrogen-bond donors (Lipinski definition) is 2. The average molecular weight is 455 g/mol. The maximum atomic E-state index is 13.3. The third kappa shape index (κ3) is 3.58. The summed E-state index contributed by atoms with van der Waals surface area (Å²) in [5, 5.41) is 5.04. The molecule has 0 radical (unpaired) electrons. The second kappa shape index (κ2) is 7.98. The van der Waals surface area contributed by atoms with Gasteiger partial charge in [0.25, 0.3) is 0 Å². The van der Waals surface area contributed by atoms with Gasteiger partial charge in [0.2, 0.25) is 0 Å². The predicted octanol–water partition coefficient (Wildman–Crippen LogP) is 6.07. The molecule has 5 aliphatic rings. The zero-order valence-electron chi connectivity index (χ0n) is 19.8. The van der Waals surface area contributed by atoms with Gasteiger partial charge in [0.1, 0.15) is 12.6 Å². The van der Waals surface area contributed by atoms with E-state index in [2.05, 4.69) is 34.6 Å². The van der Waals surface area contributed by atoms with Crippen LogP contribution in [0.3, 0.4) is 0 Å². The van der Waals surface area contributed by atoms with Crippen LogP contribution in [-0.4, -0.2) is 17.0 Å². The van der Waals surface area contributed by atoms with Crippen molar-refractivity contribution < 1.29 is 9.53 Å². The summed E-state index contributed by atoms with van der Waals surface area (Å²) >= 11 is 0. The van der Waals surface area contributed by atoms with Gasteiger partial charge < -0.3 is 9.72 Å². The lowest BCUT2D eigenvalue weighted by Gasteiger charge is -2.58. The predicted molar refractivity (Wildman–Crippen MR) is 133 cm³/mol. The summed E-state index contributed by atoms with van der Waals surface area (Å²) in [6, 6.07) is 18.4. The summed E-state index contributed by atoms with van der Waals surface area (Å²) < 4.78 is 5.80. The molecule has 176 valence electrons. The monoisotopic (exact) mass is 454 g/mol. The van der Waals surface area contributed by atoms with Crippen LogP contribution in [0.5, 0.6) is 0 Å². The van der Waals surface area contributed by atoms with Gasteiger partial charge in [-0.05, 0) is 85.3 Å². The maximum absolute atomic E-state index is 13.3. The van der Waals surface area contributed by atoms with Crippen molar-refractivity contribution >= 4 is 16.9 Å². The van der Waals surface area contributed by atoms with Gasteiger partial charge in [0.05, 0.1) is 0 Å². The molecule has 4 saturated carbocycles. The van der Waals surface area contributed by atoms with Crippen molar-refractivity contribution in [2.24, 2.45) is 23.2 Å². The lowest BCUT2D eigenvalue weighted by atomic mass is 9.48. The number of aromatic amines is 1. The number of carbonyl (C=O) groups excluding carboxylic acids is 1. The molecule has 2 atom stereocenters. The molecule has 4 aliphatic carbocycles. The Morgan fingerprint density at radius 3 is 2.32 bits per heavy atom. The molecule has 8 rings (SSSR count). The fourth-order valence-electron chi connectivity index (χ4n) is 8.44. The molecule has 1 aliphatic heterocycles. The van der Waals surface area contributed by atoms with Gasteiger partial charge in [-0.1, -0.05) is 48.5 Å². The Labute approximate surface area is 201 Å². The summed E-state index contributed by atoms with van der Waals surface area (Å²) in [4.78, 5) is 17.0. The number of benzene rings is 2. The van der Waals surface area contributed by atoms with Crippen molar-refractivity contribution in [3.63, 3.8) is 0 Å². The highest BCUT2D eigenvalue weighted by atomic mass is 16.5. The number of esters is 1. The summed E-state index contributed by atoms with van der Waals surface area (Å²) in [7, 11) is 0. The number of hydrogen-bond acceptors (Lipinski definition) is 3. The first-order valence-corrected chi connectivity index (χ1v) is 13.2. The summed E-state index contributed by atoms with van der Waals surface area (Å²) in [6.45, 7) is 0.332. The van der Waals surface area contributed by atoms with E-state index in [0.717, 1.165) is 29.7 Å². The minimum atomic E-state index is -0.297. The Morgan fingerprint density at radius 2 is 1.59 bits per heavy atom. The quantitative estimate of drug-likeness (QED) is 0.460. The Balaban J connectivity index is 1.18. The number of carbonyl (C=O) groups is 1. The van der Waals surface area contributed by atoms with Crippen LogP contribution < -0.4 is 5.32 Å². The van der Waals surface area contributed by atoms with Gasteiger partial charge in [-0.25, -0.2) is 0 Å². The lowest BCUT2D eigenvalue weighted by molar-refractivity contribution is -0.148. The third-order valence-corrected chi connectivity index (χ3v) is 9.32. The molecule has 4 bridgehead atoms. The molecule has 0 saturated heterocycles. The largest absolute Gasteiger partial charge is 0.460 e. The summed E-state index contributed by atoms with van der Waals surface area (Å²) in [5.74, 6) is 2.67. The highest BCUT2D eigenvalue weighted by Gasteiger charge is 2.52. The van der Waals surface area contributed by atoms with E-state index in [1.807, 2.05) is 30.3 Å². The lowest BCUT2D eigenvalue weighted by Crippen LogP contribution is -2.50. The second-order valence-electron chi connectivity index (χ2n) is 11.8. The minimum Gasteiger partial charge on any atom is -0.460 e. The zero-order valence-corrected chi connectivity index (χ0v) is 19.8. The minimum absolute atomic E-state index is 0.129. The van der Waals surface area contributed by atoms with Crippen molar-refractivity contribution in [2.45, 2.75) is 70.1 Å². The second-order valence-corrected chi connectivity index (χ2v) is 11.8. The first-order valence-electron chi connectivity index (χ1n) is 13.2. The molecule has 1 aromatic heterocycles. The van der Waals surface area contributed by atoms with Crippen LogP contribution in [0, 0.1) is 23.2 Å². The van der Waals surface area contributed by atoms with Crippen molar-refractivity contribution in [1.82, 2.24) is 10.3 Å². The van der Waals surface area contributed by atoms with Crippen LogP contribution in [0.1, 0.15) is 67.8 Å². The first-order chi connectivity index (χ1) is 16.6. The van der Waals surface area contributed by atoms with Gasteiger partial charge in [0, 0.05) is 29.1 Å². The molecule has 3 aromatic rings. The smallest absolute Gasteiger partial charge is 0.323 e. The number of aromatic nitrogens is 1. The number of nitrogens with one attached hydrogen (secondary N) is 2. The Kier molecular flexibility index (Phi) is 4.87. The van der Waals surface area contributed by atoms with Crippen LogP contribution in [-0.2, 0) is 22.6 Å². The summed E-state index contributed by atoms with van der Waals surface area (Å²) in [5.41, 5.74) is 5.28. The highest BCUT2D eigenvalue weighted by Crippen LogP contribution is 2.62. The van der Waals surface area contributed by atoms with E-state index in [1.54, 1.807) is 0 Å². The van der Waals surface area contributed by atoms with Crippen LogP contribution in [0.15, 0.2) is 54.6 Å². The molecule has 0 amide bonds. The zero-order chi connectivity index (χ0) is 22.7. The Bertz CT molecular complexity index is 1180. The normalized spacial score (nSPS) is 33.7. The molecular formula is C30H34N2O2. The van der Waals surface area contributed by atoms with Gasteiger partial charge in [-0.2, -0.15) is 0 Å². The molecule has 2 aromatic carbocycles. The van der Waals surface area contributed by atoms with Crippen LogP contribution >= 0.6 is 0 Å². The van der Waals surface area contributed by atoms with Crippen LogP contribution in [0.4, 0.5) is 0 Å². The fraction of sp³-hybridized carbons (Fsp3) is 0.500. The van der Waals surface area contributed by atoms with E-state index >= 15 is 0 Å². The number of fused-ring (bicyclic) bond motifs is 3. The highest BCUT2D eigenvalue weighted by molar-refractivity contribution is 5.87. The maximum Gasteiger partial charge on any atom is 0.323 e.